The lowest BCUT2D eigenvalue weighted by Gasteiger charge is -2.26. The van der Waals surface area contributed by atoms with E-state index in [-0.39, 0.29) is 23.3 Å². The highest BCUT2D eigenvalue weighted by atomic mass is 16.3. The molecule has 1 aromatic heterocycles. The molecule has 0 spiro atoms. The summed E-state index contributed by atoms with van der Waals surface area (Å²) in [5.74, 6) is -0.958. The molecule has 5 heteroatoms. The van der Waals surface area contributed by atoms with Crippen molar-refractivity contribution in [2.45, 2.75) is 38.8 Å². The number of amides is 1. The number of aliphatic hydroxyl groups excluding tert-OH is 1. The first-order valence-electron chi connectivity index (χ1n) is 10.2. The molecule has 1 atom stereocenters. The fraction of sp³-hybridized carbons (Fsp3) is 0.231. The van der Waals surface area contributed by atoms with Crippen LogP contribution in [0.1, 0.15) is 49.3 Å². The number of carbonyl (C=O) groups excluding carboxylic acids is 2. The highest BCUT2D eigenvalue weighted by Crippen LogP contribution is 2.40. The van der Waals surface area contributed by atoms with Crippen LogP contribution in [-0.4, -0.2) is 21.7 Å². The standard InChI is InChI=1S/C26H25NO4/c1-26(2,3)19-13-11-17(12-14-19)22-21(23(28)18-8-5-4-6-9-18)24(29)25(30)27(22)16-20-10-7-15-31-20/h4-15,22,28H,16H2,1-3H3/t22-/m0/s1. The fourth-order valence-electron chi connectivity index (χ4n) is 3.88. The maximum atomic E-state index is 13.0. The van der Waals surface area contributed by atoms with Crippen molar-refractivity contribution >= 4 is 17.4 Å². The van der Waals surface area contributed by atoms with E-state index in [9.17, 15) is 14.7 Å². The zero-order chi connectivity index (χ0) is 22.2. The Balaban J connectivity index is 1.85. The molecule has 4 rings (SSSR count). The number of likely N-dealkylation sites (tertiary alicyclic amines) is 1. The molecular formula is C26H25NO4. The summed E-state index contributed by atoms with van der Waals surface area (Å²) in [4.78, 5) is 27.5. The van der Waals surface area contributed by atoms with Gasteiger partial charge < -0.3 is 14.4 Å². The second-order valence-corrected chi connectivity index (χ2v) is 8.74. The first kappa shape index (κ1) is 20.7. The van der Waals surface area contributed by atoms with Gasteiger partial charge in [0, 0.05) is 5.56 Å². The summed E-state index contributed by atoms with van der Waals surface area (Å²) in [5.41, 5.74) is 2.46. The number of aliphatic hydroxyl groups is 1. The van der Waals surface area contributed by atoms with Gasteiger partial charge in [-0.15, -0.1) is 0 Å². The van der Waals surface area contributed by atoms with Gasteiger partial charge in [0.15, 0.2) is 0 Å². The number of furan rings is 1. The van der Waals surface area contributed by atoms with E-state index in [1.54, 1.807) is 36.4 Å². The highest BCUT2D eigenvalue weighted by Gasteiger charge is 2.46. The van der Waals surface area contributed by atoms with Crippen molar-refractivity contribution in [2.24, 2.45) is 0 Å². The number of hydrogen-bond acceptors (Lipinski definition) is 4. The van der Waals surface area contributed by atoms with Crippen molar-refractivity contribution in [3.63, 3.8) is 0 Å². The SMILES string of the molecule is CC(C)(C)c1ccc([C@H]2C(=C(O)c3ccccc3)C(=O)C(=O)N2Cc2ccco2)cc1. The Bertz CT molecular complexity index is 1120. The van der Waals surface area contributed by atoms with Crippen LogP contribution in [0.15, 0.2) is 83.0 Å². The van der Waals surface area contributed by atoms with Crippen LogP contribution in [0.4, 0.5) is 0 Å². The van der Waals surface area contributed by atoms with Crippen molar-refractivity contribution < 1.29 is 19.1 Å². The van der Waals surface area contributed by atoms with Crippen molar-refractivity contribution in [1.29, 1.82) is 0 Å². The second kappa shape index (κ2) is 7.91. The number of nitrogens with zero attached hydrogens (tertiary/aromatic N) is 1. The van der Waals surface area contributed by atoms with Crippen LogP contribution >= 0.6 is 0 Å². The summed E-state index contributed by atoms with van der Waals surface area (Å²) >= 11 is 0. The molecule has 0 bridgehead atoms. The van der Waals surface area contributed by atoms with Crippen molar-refractivity contribution in [3.8, 4) is 0 Å². The Morgan fingerprint density at radius 3 is 2.23 bits per heavy atom. The summed E-state index contributed by atoms with van der Waals surface area (Å²) in [6, 6.07) is 19.5. The van der Waals surface area contributed by atoms with Gasteiger partial charge in [0.1, 0.15) is 11.5 Å². The molecular weight excluding hydrogens is 390 g/mol. The third kappa shape index (κ3) is 3.91. The second-order valence-electron chi connectivity index (χ2n) is 8.74. The molecule has 0 unspecified atom stereocenters. The minimum absolute atomic E-state index is 0.0292. The number of hydrogen-bond donors (Lipinski definition) is 1. The molecule has 1 N–H and O–H groups in total. The minimum Gasteiger partial charge on any atom is -0.507 e. The van der Waals surface area contributed by atoms with Crippen LogP contribution in [-0.2, 0) is 21.5 Å². The van der Waals surface area contributed by atoms with Gasteiger partial charge in [-0.1, -0.05) is 75.4 Å². The smallest absolute Gasteiger partial charge is 0.296 e. The first-order chi connectivity index (χ1) is 14.8. The molecule has 0 aliphatic carbocycles. The van der Waals surface area contributed by atoms with Crippen molar-refractivity contribution in [2.75, 3.05) is 0 Å². The van der Waals surface area contributed by atoms with E-state index in [4.69, 9.17) is 4.42 Å². The molecule has 2 aromatic carbocycles. The molecule has 1 aliphatic heterocycles. The molecule has 2 heterocycles. The van der Waals surface area contributed by atoms with Gasteiger partial charge in [0.05, 0.1) is 24.4 Å². The molecule has 0 radical (unpaired) electrons. The van der Waals surface area contributed by atoms with Crippen LogP contribution in [0.5, 0.6) is 0 Å². The van der Waals surface area contributed by atoms with Crippen molar-refractivity contribution in [1.82, 2.24) is 4.90 Å². The van der Waals surface area contributed by atoms with Crippen LogP contribution in [0.2, 0.25) is 0 Å². The summed E-state index contributed by atoms with van der Waals surface area (Å²) < 4.78 is 5.42. The van der Waals surface area contributed by atoms with E-state index in [1.807, 2.05) is 30.3 Å². The average molecular weight is 415 g/mol. The number of benzene rings is 2. The third-order valence-corrected chi connectivity index (χ3v) is 5.59. The maximum absolute atomic E-state index is 13.0. The molecule has 1 saturated heterocycles. The van der Waals surface area contributed by atoms with Gasteiger partial charge in [-0.05, 0) is 28.7 Å². The van der Waals surface area contributed by atoms with Crippen LogP contribution in [0, 0.1) is 0 Å². The summed E-state index contributed by atoms with van der Waals surface area (Å²) in [5, 5.41) is 11.0. The van der Waals surface area contributed by atoms with E-state index in [0.29, 0.717) is 11.3 Å². The van der Waals surface area contributed by atoms with E-state index < -0.39 is 17.7 Å². The topological polar surface area (TPSA) is 70.8 Å². The molecule has 3 aromatic rings. The van der Waals surface area contributed by atoms with Gasteiger partial charge in [0.25, 0.3) is 11.7 Å². The van der Waals surface area contributed by atoms with Crippen LogP contribution in [0.25, 0.3) is 5.76 Å². The Labute approximate surface area is 181 Å². The predicted octanol–water partition coefficient (Wildman–Crippen LogP) is 5.20. The normalized spacial score (nSPS) is 18.5. The number of ketones is 1. The summed E-state index contributed by atoms with van der Waals surface area (Å²) in [6.07, 6.45) is 1.53. The number of carbonyl (C=O) groups is 2. The Hall–Kier alpha value is -3.60. The Morgan fingerprint density at radius 1 is 0.968 bits per heavy atom. The third-order valence-electron chi connectivity index (χ3n) is 5.59. The predicted molar refractivity (Wildman–Crippen MR) is 118 cm³/mol. The van der Waals surface area contributed by atoms with Gasteiger partial charge >= 0.3 is 0 Å². The van der Waals surface area contributed by atoms with E-state index in [2.05, 4.69) is 20.8 Å². The van der Waals surface area contributed by atoms with Gasteiger partial charge in [-0.25, -0.2) is 0 Å². The van der Waals surface area contributed by atoms with Crippen LogP contribution in [0.3, 0.4) is 0 Å². The molecule has 31 heavy (non-hydrogen) atoms. The van der Waals surface area contributed by atoms with Crippen LogP contribution < -0.4 is 0 Å². The molecule has 1 amide bonds. The van der Waals surface area contributed by atoms with E-state index in [1.165, 1.54) is 11.2 Å². The summed E-state index contributed by atoms with van der Waals surface area (Å²) in [6.45, 7) is 6.51. The fourth-order valence-corrected chi connectivity index (χ4v) is 3.88. The molecule has 0 saturated carbocycles. The Kier molecular flexibility index (Phi) is 5.27. The zero-order valence-electron chi connectivity index (χ0n) is 17.8. The van der Waals surface area contributed by atoms with Gasteiger partial charge in [0.2, 0.25) is 0 Å². The van der Waals surface area contributed by atoms with E-state index in [0.717, 1.165) is 11.1 Å². The maximum Gasteiger partial charge on any atom is 0.296 e. The van der Waals surface area contributed by atoms with Crippen molar-refractivity contribution in [3.05, 3.63) is 101 Å². The van der Waals surface area contributed by atoms with Gasteiger partial charge in [-0.2, -0.15) is 0 Å². The monoisotopic (exact) mass is 415 g/mol. The lowest BCUT2D eigenvalue weighted by atomic mass is 9.85. The lowest BCUT2D eigenvalue weighted by Crippen LogP contribution is -2.29. The quantitative estimate of drug-likeness (QED) is 0.361. The molecule has 1 aliphatic rings. The highest BCUT2D eigenvalue weighted by molar-refractivity contribution is 6.46. The number of Topliss-reactive ketones (excluding diaryl/α,β-unsaturated/α-hetero) is 1. The average Bonchev–Trinajstić information content (AvgIpc) is 3.36. The van der Waals surface area contributed by atoms with E-state index >= 15 is 0 Å². The molecule has 5 nitrogen and oxygen atoms in total. The summed E-state index contributed by atoms with van der Waals surface area (Å²) in [7, 11) is 0. The lowest BCUT2D eigenvalue weighted by molar-refractivity contribution is -0.140. The number of rotatable bonds is 4. The molecule has 158 valence electrons. The van der Waals surface area contributed by atoms with Gasteiger partial charge in [-0.3, -0.25) is 9.59 Å². The first-order valence-corrected chi connectivity index (χ1v) is 10.2. The largest absolute Gasteiger partial charge is 0.507 e. The Morgan fingerprint density at radius 2 is 1.65 bits per heavy atom. The zero-order valence-corrected chi connectivity index (χ0v) is 17.8. The minimum atomic E-state index is -0.709. The molecule has 1 fully saturated rings.